The predicted octanol–water partition coefficient (Wildman–Crippen LogP) is 6.96. The summed E-state index contributed by atoms with van der Waals surface area (Å²) in [5.41, 5.74) is 0. The molecule has 0 saturated carbocycles. The molecule has 32 heavy (non-hydrogen) atoms. The molecule has 0 spiro atoms. The first-order valence-corrected chi connectivity index (χ1v) is 13.7. The van der Waals surface area contributed by atoms with Crippen molar-refractivity contribution < 1.29 is 23.7 Å². The van der Waals surface area contributed by atoms with Crippen molar-refractivity contribution in [2.45, 2.75) is 117 Å². The minimum atomic E-state index is 0.259. The van der Waals surface area contributed by atoms with Gasteiger partial charge in [-0.05, 0) is 20.3 Å². The Kier molecular flexibility index (Phi) is 28.7. The zero-order valence-electron chi connectivity index (χ0n) is 21.9. The second-order valence-corrected chi connectivity index (χ2v) is 8.97. The van der Waals surface area contributed by atoms with Crippen LogP contribution in [0.5, 0.6) is 0 Å². The summed E-state index contributed by atoms with van der Waals surface area (Å²) in [6.07, 6.45) is 19.7. The molecule has 5 nitrogen and oxygen atoms in total. The average Bonchev–Trinajstić information content (AvgIpc) is 2.78. The fourth-order valence-electron chi connectivity index (χ4n) is 3.50. The van der Waals surface area contributed by atoms with E-state index in [-0.39, 0.29) is 6.10 Å². The Balaban J connectivity index is 3.00. The van der Waals surface area contributed by atoms with Gasteiger partial charge in [0.15, 0.2) is 0 Å². The van der Waals surface area contributed by atoms with Gasteiger partial charge >= 0.3 is 0 Å². The topological polar surface area (TPSA) is 46.2 Å². The Morgan fingerprint density at radius 2 is 0.688 bits per heavy atom. The fraction of sp³-hybridized carbons (Fsp3) is 1.00. The maximum absolute atomic E-state index is 5.64. The van der Waals surface area contributed by atoms with Crippen molar-refractivity contribution in [3.8, 4) is 0 Å². The molecule has 0 radical (unpaired) electrons. The highest BCUT2D eigenvalue weighted by atomic mass is 16.6. The van der Waals surface area contributed by atoms with E-state index < -0.39 is 0 Å². The van der Waals surface area contributed by atoms with E-state index >= 15 is 0 Å². The van der Waals surface area contributed by atoms with Gasteiger partial charge in [0.2, 0.25) is 0 Å². The molecule has 0 heterocycles. The summed E-state index contributed by atoms with van der Waals surface area (Å²) in [5.74, 6) is 0. The SMILES string of the molecule is CCCCCCCCCCCCCCCCOCCOCCOCCOCCOC(C)C. The van der Waals surface area contributed by atoms with Crippen molar-refractivity contribution in [1.29, 1.82) is 0 Å². The van der Waals surface area contributed by atoms with Crippen molar-refractivity contribution in [1.82, 2.24) is 0 Å². The minimum absolute atomic E-state index is 0.259. The highest BCUT2D eigenvalue weighted by Gasteiger charge is 1.96. The molecule has 194 valence electrons. The van der Waals surface area contributed by atoms with Crippen LogP contribution in [0, 0.1) is 0 Å². The molecular formula is C27H56O5. The molecule has 0 amide bonds. The van der Waals surface area contributed by atoms with E-state index in [2.05, 4.69) is 6.92 Å². The van der Waals surface area contributed by atoms with Crippen LogP contribution >= 0.6 is 0 Å². The predicted molar refractivity (Wildman–Crippen MR) is 135 cm³/mol. The first kappa shape index (κ1) is 31.8. The molecule has 0 aromatic heterocycles. The van der Waals surface area contributed by atoms with E-state index in [0.717, 1.165) is 6.61 Å². The van der Waals surface area contributed by atoms with Gasteiger partial charge in [-0.15, -0.1) is 0 Å². The Labute approximate surface area is 200 Å². The summed E-state index contributed by atoms with van der Waals surface area (Å²) < 4.78 is 27.4. The fourth-order valence-corrected chi connectivity index (χ4v) is 3.50. The van der Waals surface area contributed by atoms with Crippen LogP contribution in [0.1, 0.15) is 111 Å². The Morgan fingerprint density at radius 3 is 1.06 bits per heavy atom. The van der Waals surface area contributed by atoms with Gasteiger partial charge in [-0.2, -0.15) is 0 Å². The summed E-state index contributed by atoms with van der Waals surface area (Å²) >= 11 is 0. The summed E-state index contributed by atoms with van der Waals surface area (Å²) in [6, 6.07) is 0. The molecule has 0 aromatic rings. The molecule has 0 atom stereocenters. The molecule has 0 saturated heterocycles. The van der Waals surface area contributed by atoms with Gasteiger partial charge in [0.1, 0.15) is 0 Å². The van der Waals surface area contributed by atoms with Crippen molar-refractivity contribution in [2.75, 3.05) is 59.5 Å². The van der Waals surface area contributed by atoms with E-state index in [1.807, 2.05) is 13.8 Å². The number of hydrogen-bond acceptors (Lipinski definition) is 5. The van der Waals surface area contributed by atoms with Gasteiger partial charge in [-0.25, -0.2) is 0 Å². The van der Waals surface area contributed by atoms with Gasteiger partial charge in [-0.1, -0.05) is 90.4 Å². The number of unbranched alkanes of at least 4 members (excludes halogenated alkanes) is 13. The van der Waals surface area contributed by atoms with Gasteiger partial charge in [0.05, 0.1) is 59.0 Å². The molecule has 5 heteroatoms. The van der Waals surface area contributed by atoms with E-state index in [0.29, 0.717) is 52.9 Å². The summed E-state index contributed by atoms with van der Waals surface area (Å²) in [4.78, 5) is 0. The van der Waals surface area contributed by atoms with Crippen LogP contribution in [-0.4, -0.2) is 65.6 Å². The van der Waals surface area contributed by atoms with E-state index in [1.54, 1.807) is 0 Å². The first-order chi connectivity index (χ1) is 15.8. The van der Waals surface area contributed by atoms with E-state index in [1.165, 1.54) is 89.9 Å². The third kappa shape index (κ3) is 29.8. The zero-order chi connectivity index (χ0) is 23.4. The highest BCUT2D eigenvalue weighted by molar-refractivity contribution is 4.49. The lowest BCUT2D eigenvalue weighted by Gasteiger charge is -2.09. The third-order valence-electron chi connectivity index (χ3n) is 5.44. The van der Waals surface area contributed by atoms with Gasteiger partial charge in [0.25, 0.3) is 0 Å². The lowest BCUT2D eigenvalue weighted by atomic mass is 10.0. The quantitative estimate of drug-likeness (QED) is 0.118. The van der Waals surface area contributed by atoms with Crippen LogP contribution < -0.4 is 0 Å². The van der Waals surface area contributed by atoms with Gasteiger partial charge in [-0.3, -0.25) is 0 Å². The summed E-state index contributed by atoms with van der Waals surface area (Å²) in [6.45, 7) is 12.2. The van der Waals surface area contributed by atoms with Crippen LogP contribution in [0.3, 0.4) is 0 Å². The second kappa shape index (κ2) is 28.8. The maximum atomic E-state index is 5.64. The molecule has 0 fully saturated rings. The normalized spacial score (nSPS) is 11.6. The molecule has 0 aromatic carbocycles. The van der Waals surface area contributed by atoms with Crippen molar-refractivity contribution in [3.63, 3.8) is 0 Å². The second-order valence-electron chi connectivity index (χ2n) is 8.97. The smallest absolute Gasteiger partial charge is 0.0703 e. The molecule has 0 bridgehead atoms. The molecule has 0 rings (SSSR count). The average molecular weight is 461 g/mol. The van der Waals surface area contributed by atoms with Crippen molar-refractivity contribution >= 4 is 0 Å². The molecule has 0 aliphatic heterocycles. The lowest BCUT2D eigenvalue weighted by Crippen LogP contribution is -2.14. The van der Waals surface area contributed by atoms with Crippen molar-refractivity contribution in [2.24, 2.45) is 0 Å². The monoisotopic (exact) mass is 460 g/mol. The number of hydrogen-bond donors (Lipinski definition) is 0. The maximum Gasteiger partial charge on any atom is 0.0703 e. The Hall–Kier alpha value is -0.200. The van der Waals surface area contributed by atoms with Crippen LogP contribution in [0.25, 0.3) is 0 Å². The lowest BCUT2D eigenvalue weighted by molar-refractivity contribution is -0.0176. The molecule has 0 unspecified atom stereocenters. The first-order valence-electron chi connectivity index (χ1n) is 13.7. The molecule has 0 N–H and O–H groups in total. The van der Waals surface area contributed by atoms with E-state index in [9.17, 15) is 0 Å². The standard InChI is InChI=1S/C27H56O5/c1-4-5-6-7-8-9-10-11-12-13-14-15-16-17-18-28-19-20-29-21-22-30-23-24-31-25-26-32-27(2)3/h27H,4-26H2,1-3H3. The van der Waals surface area contributed by atoms with Crippen molar-refractivity contribution in [3.05, 3.63) is 0 Å². The number of ether oxygens (including phenoxy) is 5. The largest absolute Gasteiger partial charge is 0.379 e. The third-order valence-corrected chi connectivity index (χ3v) is 5.44. The summed E-state index contributed by atoms with van der Waals surface area (Å²) in [5, 5.41) is 0. The van der Waals surface area contributed by atoms with E-state index in [4.69, 9.17) is 23.7 Å². The van der Waals surface area contributed by atoms with Gasteiger partial charge < -0.3 is 23.7 Å². The van der Waals surface area contributed by atoms with Gasteiger partial charge in [0, 0.05) is 6.61 Å². The number of rotatable bonds is 28. The van der Waals surface area contributed by atoms with Crippen LogP contribution in [0.15, 0.2) is 0 Å². The molecule has 0 aliphatic carbocycles. The summed E-state index contributed by atoms with van der Waals surface area (Å²) in [7, 11) is 0. The van der Waals surface area contributed by atoms with Crippen LogP contribution in [0.4, 0.5) is 0 Å². The molecule has 0 aliphatic rings. The minimum Gasteiger partial charge on any atom is -0.379 e. The molecular weight excluding hydrogens is 404 g/mol. The Bertz CT molecular complexity index is 325. The Morgan fingerprint density at radius 1 is 0.375 bits per heavy atom. The highest BCUT2D eigenvalue weighted by Crippen LogP contribution is 2.12. The zero-order valence-corrected chi connectivity index (χ0v) is 21.9. The van der Waals surface area contributed by atoms with Crippen LogP contribution in [-0.2, 0) is 23.7 Å². The van der Waals surface area contributed by atoms with Crippen LogP contribution in [0.2, 0.25) is 0 Å².